The zero-order valence-electron chi connectivity index (χ0n) is 8.14. The van der Waals surface area contributed by atoms with Crippen LogP contribution in [0.2, 0.25) is 0 Å². The summed E-state index contributed by atoms with van der Waals surface area (Å²) in [5.41, 5.74) is 0. The second-order valence-electron chi connectivity index (χ2n) is 3.40. The molecule has 5 heteroatoms. The third-order valence-corrected chi connectivity index (χ3v) is 2.82. The Morgan fingerprint density at radius 1 is 1.57 bits per heavy atom. The second-order valence-corrected chi connectivity index (χ2v) is 3.78. The SMILES string of the molecule is CC1N=CC=CC1c1n[nH]c(=S)n1C. The van der Waals surface area contributed by atoms with E-state index in [4.69, 9.17) is 12.2 Å². The maximum absolute atomic E-state index is 5.06. The van der Waals surface area contributed by atoms with Gasteiger partial charge in [0.25, 0.3) is 0 Å². The van der Waals surface area contributed by atoms with Gasteiger partial charge in [-0.25, -0.2) is 0 Å². The van der Waals surface area contributed by atoms with Crippen molar-refractivity contribution in [3.05, 3.63) is 22.7 Å². The minimum Gasteiger partial charge on any atom is -0.307 e. The lowest BCUT2D eigenvalue weighted by molar-refractivity contribution is 0.601. The minimum atomic E-state index is 0.220. The molecule has 0 fully saturated rings. The normalized spacial score (nSPS) is 25.6. The number of allylic oxidation sites excluding steroid dienone is 1. The van der Waals surface area contributed by atoms with Crippen LogP contribution in [0.3, 0.4) is 0 Å². The number of aromatic nitrogens is 3. The van der Waals surface area contributed by atoms with Crippen LogP contribution in [0.4, 0.5) is 0 Å². The number of dihydropyridines is 1. The van der Waals surface area contributed by atoms with Crippen molar-refractivity contribution in [2.45, 2.75) is 18.9 Å². The molecule has 1 N–H and O–H groups in total. The standard InChI is InChI=1S/C9H12N4S/c1-6-7(4-3-5-10-6)8-11-12-9(14)13(8)2/h3-7H,1-2H3,(H,12,14). The van der Waals surface area contributed by atoms with Crippen LogP contribution in [0.5, 0.6) is 0 Å². The number of hydrogen-bond donors (Lipinski definition) is 1. The van der Waals surface area contributed by atoms with Crippen LogP contribution in [0.25, 0.3) is 0 Å². The van der Waals surface area contributed by atoms with Crippen LogP contribution < -0.4 is 0 Å². The Bertz CT molecular complexity index is 440. The van der Waals surface area contributed by atoms with Gasteiger partial charge in [-0.15, -0.1) is 0 Å². The number of hydrogen-bond acceptors (Lipinski definition) is 3. The molecule has 0 saturated heterocycles. The molecule has 0 bridgehead atoms. The summed E-state index contributed by atoms with van der Waals surface area (Å²) in [6.45, 7) is 2.07. The molecule has 0 spiro atoms. The first kappa shape index (κ1) is 9.33. The third kappa shape index (κ3) is 1.43. The molecule has 0 aliphatic carbocycles. The van der Waals surface area contributed by atoms with E-state index in [2.05, 4.69) is 28.2 Å². The Morgan fingerprint density at radius 2 is 2.36 bits per heavy atom. The highest BCUT2D eigenvalue weighted by Gasteiger charge is 2.21. The first-order valence-electron chi connectivity index (χ1n) is 4.51. The summed E-state index contributed by atoms with van der Waals surface area (Å²) in [5, 5.41) is 6.99. The van der Waals surface area contributed by atoms with Crippen molar-refractivity contribution in [1.82, 2.24) is 14.8 Å². The average Bonchev–Trinajstić information content (AvgIpc) is 2.49. The van der Waals surface area contributed by atoms with Crippen molar-refractivity contribution in [1.29, 1.82) is 0 Å². The molecule has 1 aromatic rings. The molecule has 0 amide bonds. The number of aliphatic imine (C=N–C) groups is 1. The molecule has 2 heterocycles. The van der Waals surface area contributed by atoms with Gasteiger partial charge in [-0.1, -0.05) is 6.08 Å². The summed E-state index contributed by atoms with van der Waals surface area (Å²) in [6, 6.07) is 0.226. The van der Waals surface area contributed by atoms with Gasteiger partial charge in [0, 0.05) is 13.3 Å². The van der Waals surface area contributed by atoms with E-state index < -0.39 is 0 Å². The maximum atomic E-state index is 5.06. The summed E-state index contributed by atoms with van der Waals surface area (Å²) in [5.74, 6) is 1.16. The third-order valence-electron chi connectivity index (χ3n) is 2.46. The van der Waals surface area contributed by atoms with Crippen molar-refractivity contribution in [3.8, 4) is 0 Å². The van der Waals surface area contributed by atoms with E-state index in [0.717, 1.165) is 5.82 Å². The molecule has 0 saturated carbocycles. The summed E-state index contributed by atoms with van der Waals surface area (Å²) < 4.78 is 2.54. The molecule has 2 rings (SSSR count). The highest BCUT2D eigenvalue weighted by atomic mass is 32.1. The fourth-order valence-electron chi connectivity index (χ4n) is 1.57. The Hall–Kier alpha value is -1.23. The van der Waals surface area contributed by atoms with Gasteiger partial charge in [0.1, 0.15) is 5.82 Å². The van der Waals surface area contributed by atoms with Crippen molar-refractivity contribution < 1.29 is 0 Å². The minimum absolute atomic E-state index is 0.220. The summed E-state index contributed by atoms with van der Waals surface area (Å²) in [4.78, 5) is 4.33. The van der Waals surface area contributed by atoms with Gasteiger partial charge >= 0.3 is 0 Å². The van der Waals surface area contributed by atoms with Crippen molar-refractivity contribution in [2.75, 3.05) is 0 Å². The predicted molar refractivity (Wildman–Crippen MR) is 58.2 cm³/mol. The number of rotatable bonds is 1. The molecule has 14 heavy (non-hydrogen) atoms. The van der Waals surface area contributed by atoms with Crippen molar-refractivity contribution in [2.24, 2.45) is 12.0 Å². The van der Waals surface area contributed by atoms with Crippen LogP contribution >= 0.6 is 12.2 Å². The van der Waals surface area contributed by atoms with Gasteiger partial charge in [0.15, 0.2) is 4.77 Å². The highest BCUT2D eigenvalue weighted by molar-refractivity contribution is 7.71. The Morgan fingerprint density at radius 3 is 2.93 bits per heavy atom. The molecule has 1 aliphatic rings. The molecule has 4 nitrogen and oxygen atoms in total. The van der Waals surface area contributed by atoms with E-state index in [-0.39, 0.29) is 12.0 Å². The lowest BCUT2D eigenvalue weighted by atomic mass is 9.98. The second kappa shape index (κ2) is 3.49. The fourth-order valence-corrected chi connectivity index (χ4v) is 1.71. The first-order valence-corrected chi connectivity index (χ1v) is 4.92. The number of nitrogens with one attached hydrogen (secondary N) is 1. The lowest BCUT2D eigenvalue weighted by Gasteiger charge is -2.18. The monoisotopic (exact) mass is 208 g/mol. The van der Waals surface area contributed by atoms with Crippen LogP contribution in [0.1, 0.15) is 18.7 Å². The van der Waals surface area contributed by atoms with E-state index >= 15 is 0 Å². The fraction of sp³-hybridized carbons (Fsp3) is 0.444. The largest absolute Gasteiger partial charge is 0.307 e. The molecule has 1 aromatic heterocycles. The predicted octanol–water partition coefficient (Wildman–Crippen LogP) is 1.59. The number of aromatic amines is 1. The first-order chi connectivity index (χ1) is 6.70. The van der Waals surface area contributed by atoms with Gasteiger partial charge < -0.3 is 4.57 Å². The molecule has 1 aliphatic heterocycles. The van der Waals surface area contributed by atoms with Gasteiger partial charge in [-0.2, -0.15) is 5.10 Å². The van der Waals surface area contributed by atoms with E-state index in [1.807, 2.05) is 23.9 Å². The molecule has 2 atom stereocenters. The van der Waals surface area contributed by atoms with E-state index in [1.165, 1.54) is 0 Å². The van der Waals surface area contributed by atoms with Crippen LogP contribution in [-0.2, 0) is 7.05 Å². The molecule has 0 aromatic carbocycles. The quantitative estimate of drug-likeness (QED) is 0.712. The Kier molecular flexibility index (Phi) is 2.33. The van der Waals surface area contributed by atoms with E-state index in [1.54, 1.807) is 0 Å². The molecule has 74 valence electrons. The highest BCUT2D eigenvalue weighted by Crippen LogP contribution is 2.23. The van der Waals surface area contributed by atoms with E-state index in [9.17, 15) is 0 Å². The van der Waals surface area contributed by atoms with Crippen LogP contribution in [0.15, 0.2) is 17.1 Å². The van der Waals surface area contributed by atoms with Gasteiger partial charge in [-0.05, 0) is 25.2 Å². The average molecular weight is 208 g/mol. The summed E-state index contributed by atoms with van der Waals surface area (Å²) >= 11 is 5.06. The number of nitrogens with zero attached hydrogens (tertiary/aromatic N) is 3. The molecule has 2 unspecified atom stereocenters. The van der Waals surface area contributed by atoms with Crippen LogP contribution in [-0.4, -0.2) is 27.0 Å². The Balaban J connectivity index is 2.40. The lowest BCUT2D eigenvalue weighted by Crippen LogP contribution is -2.17. The number of H-pyrrole nitrogens is 1. The van der Waals surface area contributed by atoms with Crippen LogP contribution in [0, 0.1) is 4.77 Å². The van der Waals surface area contributed by atoms with Gasteiger partial charge in [0.05, 0.1) is 12.0 Å². The van der Waals surface area contributed by atoms with Crippen molar-refractivity contribution in [3.63, 3.8) is 0 Å². The zero-order valence-corrected chi connectivity index (χ0v) is 8.95. The summed E-state index contributed by atoms with van der Waals surface area (Å²) in [7, 11) is 1.92. The maximum Gasteiger partial charge on any atom is 0.194 e. The Labute approximate surface area is 87.4 Å². The van der Waals surface area contributed by atoms with Gasteiger partial charge in [-0.3, -0.25) is 10.1 Å². The zero-order chi connectivity index (χ0) is 10.1. The smallest absolute Gasteiger partial charge is 0.194 e. The van der Waals surface area contributed by atoms with Crippen molar-refractivity contribution >= 4 is 18.4 Å². The topological polar surface area (TPSA) is 46.0 Å². The summed E-state index contributed by atoms with van der Waals surface area (Å²) in [6.07, 6.45) is 5.87. The van der Waals surface area contributed by atoms with E-state index in [0.29, 0.717) is 4.77 Å². The molecule has 0 radical (unpaired) electrons. The molecular weight excluding hydrogens is 196 g/mol. The van der Waals surface area contributed by atoms with Gasteiger partial charge in [0.2, 0.25) is 0 Å². The molecular formula is C9H12N4S.